The van der Waals surface area contributed by atoms with Gasteiger partial charge in [0, 0.05) is 24.4 Å². The zero-order valence-electron chi connectivity index (χ0n) is 17.3. The molecule has 1 aliphatic heterocycles. The van der Waals surface area contributed by atoms with Gasteiger partial charge in [-0.1, -0.05) is 13.8 Å². The molecule has 29 heavy (non-hydrogen) atoms. The van der Waals surface area contributed by atoms with Gasteiger partial charge in [-0.05, 0) is 42.7 Å². The minimum atomic E-state index is 0.183. The van der Waals surface area contributed by atoms with Crippen molar-refractivity contribution in [3.63, 3.8) is 0 Å². The standard InChI is InChI=1S/C22H26N4O3/c1-14(2)15(3)26-22(24-20(25-26)11-16-5-7-23-8-6-16)17-12-18(27-4)21-19(13-17)28-9-10-29-21/h5-8,12-15H,9-11H2,1-4H3. The monoisotopic (exact) mass is 394 g/mol. The summed E-state index contributed by atoms with van der Waals surface area (Å²) in [6, 6.07) is 8.06. The van der Waals surface area contributed by atoms with E-state index in [1.54, 1.807) is 19.5 Å². The average Bonchev–Trinajstić information content (AvgIpc) is 3.16. The van der Waals surface area contributed by atoms with Crippen LogP contribution in [0.3, 0.4) is 0 Å². The first-order chi connectivity index (χ1) is 14.1. The first kappa shape index (κ1) is 19.2. The van der Waals surface area contributed by atoms with E-state index < -0.39 is 0 Å². The molecule has 152 valence electrons. The van der Waals surface area contributed by atoms with Gasteiger partial charge in [0.05, 0.1) is 13.2 Å². The number of ether oxygens (including phenoxy) is 3. The van der Waals surface area contributed by atoms with Crippen molar-refractivity contribution in [3.8, 4) is 28.6 Å². The number of methoxy groups -OCH3 is 1. The minimum absolute atomic E-state index is 0.183. The van der Waals surface area contributed by atoms with Gasteiger partial charge in [-0.25, -0.2) is 9.67 Å². The highest BCUT2D eigenvalue weighted by molar-refractivity contribution is 5.67. The molecule has 0 bridgehead atoms. The van der Waals surface area contributed by atoms with E-state index in [9.17, 15) is 0 Å². The topological polar surface area (TPSA) is 71.3 Å². The first-order valence-corrected chi connectivity index (χ1v) is 9.89. The Morgan fingerprint density at radius 3 is 2.59 bits per heavy atom. The predicted octanol–water partition coefficient (Wildman–Crippen LogP) is 3.93. The second-order valence-electron chi connectivity index (χ2n) is 7.52. The van der Waals surface area contributed by atoms with Crippen molar-refractivity contribution in [2.75, 3.05) is 20.3 Å². The van der Waals surface area contributed by atoms with Gasteiger partial charge in [-0.3, -0.25) is 4.98 Å². The number of pyridine rings is 1. The molecule has 1 aliphatic rings. The number of rotatable bonds is 6. The van der Waals surface area contributed by atoms with Crippen LogP contribution in [0.5, 0.6) is 17.2 Å². The summed E-state index contributed by atoms with van der Waals surface area (Å²) in [6.45, 7) is 7.56. The SMILES string of the molecule is COc1cc(-c2nc(Cc3ccncc3)nn2C(C)C(C)C)cc2c1OCCO2. The third-order valence-electron chi connectivity index (χ3n) is 5.22. The lowest BCUT2D eigenvalue weighted by Crippen LogP contribution is -2.17. The van der Waals surface area contributed by atoms with Crippen LogP contribution in [0.15, 0.2) is 36.7 Å². The quantitative estimate of drug-likeness (QED) is 0.631. The van der Waals surface area contributed by atoms with E-state index in [1.807, 2.05) is 28.9 Å². The van der Waals surface area contributed by atoms with Crippen LogP contribution in [0.4, 0.5) is 0 Å². The van der Waals surface area contributed by atoms with Crippen LogP contribution in [-0.2, 0) is 6.42 Å². The van der Waals surface area contributed by atoms with Crippen molar-refractivity contribution in [2.45, 2.75) is 33.2 Å². The summed E-state index contributed by atoms with van der Waals surface area (Å²) in [7, 11) is 1.63. The molecule has 1 unspecified atom stereocenters. The Hall–Kier alpha value is -3.09. The van der Waals surface area contributed by atoms with Gasteiger partial charge < -0.3 is 14.2 Å². The summed E-state index contributed by atoms with van der Waals surface area (Å²) in [6.07, 6.45) is 4.22. The lowest BCUT2D eigenvalue weighted by atomic mass is 10.1. The number of nitrogens with zero attached hydrogens (tertiary/aromatic N) is 4. The maximum Gasteiger partial charge on any atom is 0.203 e. The molecular formula is C22H26N4O3. The Morgan fingerprint density at radius 1 is 1.10 bits per heavy atom. The van der Waals surface area contributed by atoms with Crippen LogP contribution in [-0.4, -0.2) is 40.1 Å². The Labute approximate surface area is 170 Å². The van der Waals surface area contributed by atoms with Crippen molar-refractivity contribution in [2.24, 2.45) is 5.92 Å². The molecule has 7 nitrogen and oxygen atoms in total. The van der Waals surface area contributed by atoms with E-state index in [4.69, 9.17) is 24.3 Å². The van der Waals surface area contributed by atoms with Crippen LogP contribution in [0.1, 0.15) is 38.2 Å². The lowest BCUT2D eigenvalue weighted by Gasteiger charge is -2.22. The highest BCUT2D eigenvalue weighted by atomic mass is 16.6. The average molecular weight is 394 g/mol. The number of hydrogen-bond donors (Lipinski definition) is 0. The van der Waals surface area contributed by atoms with E-state index in [0.29, 0.717) is 42.8 Å². The summed E-state index contributed by atoms with van der Waals surface area (Å²) in [5.41, 5.74) is 2.02. The predicted molar refractivity (Wildman–Crippen MR) is 110 cm³/mol. The smallest absolute Gasteiger partial charge is 0.203 e. The van der Waals surface area contributed by atoms with Crippen LogP contribution >= 0.6 is 0 Å². The van der Waals surface area contributed by atoms with Crippen LogP contribution < -0.4 is 14.2 Å². The molecule has 2 aromatic heterocycles. The molecule has 7 heteroatoms. The van der Waals surface area contributed by atoms with Crippen LogP contribution in [0.25, 0.3) is 11.4 Å². The summed E-state index contributed by atoms with van der Waals surface area (Å²) in [5, 5.41) is 4.84. The maximum atomic E-state index is 5.81. The van der Waals surface area contributed by atoms with Gasteiger partial charge in [0.15, 0.2) is 23.1 Å². The highest BCUT2D eigenvalue weighted by Gasteiger charge is 2.24. The summed E-state index contributed by atoms with van der Waals surface area (Å²) in [5.74, 6) is 3.93. The molecule has 0 radical (unpaired) electrons. The van der Waals surface area contributed by atoms with Gasteiger partial charge in [-0.15, -0.1) is 0 Å². The molecule has 3 aromatic rings. The number of hydrogen-bond acceptors (Lipinski definition) is 6. The normalized spacial score (nSPS) is 14.1. The fourth-order valence-electron chi connectivity index (χ4n) is 3.29. The number of benzene rings is 1. The van der Waals surface area contributed by atoms with Crippen molar-refractivity contribution in [1.29, 1.82) is 0 Å². The van der Waals surface area contributed by atoms with E-state index in [0.717, 1.165) is 22.8 Å². The molecule has 0 fully saturated rings. The molecule has 1 aromatic carbocycles. The van der Waals surface area contributed by atoms with Crippen LogP contribution in [0, 0.1) is 5.92 Å². The molecule has 3 heterocycles. The zero-order valence-corrected chi connectivity index (χ0v) is 17.3. The van der Waals surface area contributed by atoms with Gasteiger partial charge in [0.1, 0.15) is 13.2 Å². The first-order valence-electron chi connectivity index (χ1n) is 9.89. The van der Waals surface area contributed by atoms with Gasteiger partial charge in [0.25, 0.3) is 0 Å². The van der Waals surface area contributed by atoms with Crippen molar-refractivity contribution >= 4 is 0 Å². The van der Waals surface area contributed by atoms with Crippen molar-refractivity contribution in [1.82, 2.24) is 19.7 Å². The lowest BCUT2D eigenvalue weighted by molar-refractivity contribution is 0.165. The van der Waals surface area contributed by atoms with Gasteiger partial charge >= 0.3 is 0 Å². The highest BCUT2D eigenvalue weighted by Crippen LogP contribution is 2.43. The fourth-order valence-corrected chi connectivity index (χ4v) is 3.29. The molecule has 0 aliphatic carbocycles. The van der Waals surface area contributed by atoms with Gasteiger partial charge in [0.2, 0.25) is 5.75 Å². The Bertz CT molecular complexity index is 968. The largest absolute Gasteiger partial charge is 0.493 e. The third kappa shape index (κ3) is 3.90. The van der Waals surface area contributed by atoms with E-state index in [2.05, 4.69) is 25.8 Å². The van der Waals surface area contributed by atoms with E-state index in [1.165, 1.54) is 0 Å². The molecule has 0 N–H and O–H groups in total. The van der Waals surface area contributed by atoms with Crippen LogP contribution in [0.2, 0.25) is 0 Å². The molecule has 4 rings (SSSR count). The number of aromatic nitrogens is 4. The van der Waals surface area contributed by atoms with Crippen molar-refractivity contribution in [3.05, 3.63) is 48.0 Å². The summed E-state index contributed by atoms with van der Waals surface area (Å²) < 4.78 is 19.1. The second-order valence-corrected chi connectivity index (χ2v) is 7.52. The fraction of sp³-hybridized carbons (Fsp3) is 0.409. The van der Waals surface area contributed by atoms with Gasteiger partial charge in [-0.2, -0.15) is 5.10 Å². The summed E-state index contributed by atoms with van der Waals surface area (Å²) >= 11 is 0. The van der Waals surface area contributed by atoms with E-state index >= 15 is 0 Å². The minimum Gasteiger partial charge on any atom is -0.493 e. The summed E-state index contributed by atoms with van der Waals surface area (Å²) in [4.78, 5) is 8.97. The van der Waals surface area contributed by atoms with Crippen molar-refractivity contribution < 1.29 is 14.2 Å². The second kappa shape index (κ2) is 8.11. The Kier molecular flexibility index (Phi) is 5.38. The molecule has 0 amide bonds. The molecule has 0 saturated carbocycles. The van der Waals surface area contributed by atoms with E-state index in [-0.39, 0.29) is 6.04 Å². The zero-order chi connectivity index (χ0) is 20.4. The maximum absolute atomic E-state index is 5.81. The number of fused-ring (bicyclic) bond motifs is 1. The molecule has 1 atom stereocenters. The molecule has 0 spiro atoms. The Balaban J connectivity index is 1.79. The third-order valence-corrected chi connectivity index (χ3v) is 5.22. The molecular weight excluding hydrogens is 368 g/mol. The Morgan fingerprint density at radius 2 is 1.86 bits per heavy atom. The molecule has 0 saturated heterocycles.